The molecule has 3 rings (SSSR count). The Morgan fingerprint density at radius 1 is 0.905 bits per heavy atom. The van der Waals surface area contributed by atoms with Crippen molar-refractivity contribution >= 4 is 35.5 Å². The summed E-state index contributed by atoms with van der Waals surface area (Å²) in [6.07, 6.45) is 0. The molecule has 0 radical (unpaired) electrons. The van der Waals surface area contributed by atoms with E-state index in [4.69, 9.17) is 21.6 Å². The molecule has 1 heterocycles. The summed E-state index contributed by atoms with van der Waals surface area (Å²) in [5, 5.41) is 28.6. The Labute approximate surface area is 130 Å². The maximum atomic E-state index is 9.08. The number of rotatable bonds is 3. The molecular weight excluding hydrogens is 306 g/mol. The molecule has 2 N–H and O–H groups in total. The van der Waals surface area contributed by atoms with Gasteiger partial charge in [0, 0.05) is 11.1 Å². The average Bonchev–Trinajstić information content (AvgIpc) is 2.97. The van der Waals surface area contributed by atoms with Crippen LogP contribution in [0.2, 0.25) is 5.02 Å². The van der Waals surface area contributed by atoms with Gasteiger partial charge in [0.15, 0.2) is 0 Å². The second-order valence-corrected chi connectivity index (χ2v) is 5.77. The third-order valence-electron chi connectivity index (χ3n) is 2.99. The van der Waals surface area contributed by atoms with Crippen LogP contribution in [0.3, 0.4) is 0 Å². The van der Waals surface area contributed by atoms with Crippen LogP contribution in [0.5, 0.6) is 0 Å². The van der Waals surface area contributed by atoms with Crippen LogP contribution in [0.4, 0.5) is 0 Å². The SMILES string of the molecule is OB(O)c1ccc(-c2nnc(-c3ccccc3Cl)s2)cc1. The molecule has 0 aliphatic heterocycles. The fourth-order valence-electron chi connectivity index (χ4n) is 1.88. The topological polar surface area (TPSA) is 66.2 Å². The highest BCUT2D eigenvalue weighted by atomic mass is 35.5. The summed E-state index contributed by atoms with van der Waals surface area (Å²) in [6.45, 7) is 0. The van der Waals surface area contributed by atoms with Gasteiger partial charge in [-0.2, -0.15) is 0 Å². The molecular formula is C14H10BClN2O2S. The number of hydrogen-bond donors (Lipinski definition) is 2. The Kier molecular flexibility index (Phi) is 4.03. The number of halogens is 1. The minimum Gasteiger partial charge on any atom is -0.423 e. The van der Waals surface area contributed by atoms with Crippen LogP contribution in [0, 0.1) is 0 Å². The molecule has 0 aliphatic rings. The smallest absolute Gasteiger partial charge is 0.423 e. The number of hydrogen-bond acceptors (Lipinski definition) is 5. The predicted octanol–water partition coefficient (Wildman–Crippen LogP) is 2.21. The van der Waals surface area contributed by atoms with Gasteiger partial charge < -0.3 is 10.0 Å². The van der Waals surface area contributed by atoms with Crippen LogP contribution in [0.1, 0.15) is 0 Å². The van der Waals surface area contributed by atoms with Crippen molar-refractivity contribution in [2.45, 2.75) is 0 Å². The lowest BCUT2D eigenvalue weighted by atomic mass is 9.80. The fraction of sp³-hybridized carbons (Fsp3) is 0. The maximum absolute atomic E-state index is 9.08. The molecule has 7 heteroatoms. The maximum Gasteiger partial charge on any atom is 0.488 e. The minimum atomic E-state index is -1.47. The molecule has 3 aromatic rings. The first-order chi connectivity index (χ1) is 10.1. The van der Waals surface area contributed by atoms with E-state index in [-0.39, 0.29) is 0 Å². The summed E-state index contributed by atoms with van der Waals surface area (Å²) in [6, 6.07) is 14.4. The van der Waals surface area contributed by atoms with Crippen molar-refractivity contribution in [2.24, 2.45) is 0 Å². The average molecular weight is 317 g/mol. The number of nitrogens with zero attached hydrogens (tertiary/aromatic N) is 2. The third kappa shape index (κ3) is 2.98. The van der Waals surface area contributed by atoms with Gasteiger partial charge in [-0.15, -0.1) is 10.2 Å². The van der Waals surface area contributed by atoms with Gasteiger partial charge >= 0.3 is 7.12 Å². The summed E-state index contributed by atoms with van der Waals surface area (Å²) in [7, 11) is -1.47. The lowest BCUT2D eigenvalue weighted by Gasteiger charge is -2.00. The molecule has 0 fully saturated rings. The number of benzene rings is 2. The molecule has 0 saturated carbocycles. The first kappa shape index (κ1) is 14.2. The van der Waals surface area contributed by atoms with Crippen LogP contribution >= 0.6 is 22.9 Å². The van der Waals surface area contributed by atoms with E-state index in [2.05, 4.69) is 10.2 Å². The van der Waals surface area contributed by atoms with E-state index >= 15 is 0 Å². The van der Waals surface area contributed by atoms with Gasteiger partial charge in [-0.25, -0.2) is 0 Å². The van der Waals surface area contributed by atoms with Crippen molar-refractivity contribution < 1.29 is 10.0 Å². The van der Waals surface area contributed by atoms with Gasteiger partial charge in [0.25, 0.3) is 0 Å². The summed E-state index contributed by atoms with van der Waals surface area (Å²) < 4.78 is 0. The molecule has 4 nitrogen and oxygen atoms in total. The molecule has 0 amide bonds. The summed E-state index contributed by atoms with van der Waals surface area (Å²) in [4.78, 5) is 0. The van der Waals surface area contributed by atoms with E-state index in [1.165, 1.54) is 11.3 Å². The molecule has 0 unspecified atom stereocenters. The van der Waals surface area contributed by atoms with E-state index in [1.54, 1.807) is 24.3 Å². The monoisotopic (exact) mass is 316 g/mol. The number of aromatic nitrogens is 2. The quantitative estimate of drug-likeness (QED) is 0.727. The van der Waals surface area contributed by atoms with Crippen molar-refractivity contribution in [3.63, 3.8) is 0 Å². The summed E-state index contributed by atoms with van der Waals surface area (Å²) in [5.41, 5.74) is 2.16. The van der Waals surface area contributed by atoms with Gasteiger partial charge in [-0.05, 0) is 11.5 Å². The Morgan fingerprint density at radius 3 is 2.24 bits per heavy atom. The highest BCUT2D eigenvalue weighted by Gasteiger charge is 2.13. The first-order valence-electron chi connectivity index (χ1n) is 6.20. The van der Waals surface area contributed by atoms with E-state index in [1.807, 2.05) is 24.3 Å². The highest BCUT2D eigenvalue weighted by Crippen LogP contribution is 2.33. The van der Waals surface area contributed by atoms with E-state index in [0.29, 0.717) is 10.5 Å². The Morgan fingerprint density at radius 2 is 1.57 bits per heavy atom. The van der Waals surface area contributed by atoms with Crippen molar-refractivity contribution in [1.29, 1.82) is 0 Å². The van der Waals surface area contributed by atoms with Gasteiger partial charge in [0.1, 0.15) is 10.0 Å². The summed E-state index contributed by atoms with van der Waals surface area (Å²) in [5.74, 6) is 0. The van der Waals surface area contributed by atoms with Crippen LogP contribution in [0.15, 0.2) is 48.5 Å². The normalized spacial score (nSPS) is 10.6. The molecule has 1 aromatic heterocycles. The van der Waals surface area contributed by atoms with Crippen LogP contribution in [0.25, 0.3) is 21.1 Å². The summed E-state index contributed by atoms with van der Waals surface area (Å²) >= 11 is 7.59. The molecule has 104 valence electrons. The van der Waals surface area contributed by atoms with E-state index in [0.717, 1.165) is 21.1 Å². The molecule has 0 atom stereocenters. The molecule has 0 bridgehead atoms. The van der Waals surface area contributed by atoms with Gasteiger partial charge in [-0.3, -0.25) is 0 Å². The third-order valence-corrected chi connectivity index (χ3v) is 4.32. The van der Waals surface area contributed by atoms with E-state index < -0.39 is 7.12 Å². The predicted molar refractivity (Wildman–Crippen MR) is 85.6 cm³/mol. The van der Waals surface area contributed by atoms with Crippen LogP contribution < -0.4 is 5.46 Å². The Hall–Kier alpha value is -1.73. The minimum absolute atomic E-state index is 0.439. The second-order valence-electron chi connectivity index (χ2n) is 4.39. The van der Waals surface area contributed by atoms with E-state index in [9.17, 15) is 0 Å². The van der Waals surface area contributed by atoms with Gasteiger partial charge in [0.2, 0.25) is 0 Å². The standard InChI is InChI=1S/C14H10BClN2O2S/c16-12-4-2-1-3-11(12)14-18-17-13(21-14)9-5-7-10(8-6-9)15(19)20/h1-8,19-20H. The van der Waals surface area contributed by atoms with Gasteiger partial charge in [-0.1, -0.05) is 65.4 Å². The lowest BCUT2D eigenvalue weighted by Crippen LogP contribution is -2.29. The largest absolute Gasteiger partial charge is 0.488 e. The zero-order valence-electron chi connectivity index (χ0n) is 10.8. The van der Waals surface area contributed by atoms with Gasteiger partial charge in [0.05, 0.1) is 5.02 Å². The molecule has 0 spiro atoms. The Bertz CT molecular complexity index is 762. The lowest BCUT2D eigenvalue weighted by molar-refractivity contribution is 0.426. The fourth-order valence-corrected chi connectivity index (χ4v) is 3.05. The Balaban J connectivity index is 1.93. The van der Waals surface area contributed by atoms with Crippen LogP contribution in [-0.4, -0.2) is 27.4 Å². The van der Waals surface area contributed by atoms with Crippen LogP contribution in [-0.2, 0) is 0 Å². The first-order valence-corrected chi connectivity index (χ1v) is 7.39. The van der Waals surface area contributed by atoms with Crippen molar-refractivity contribution in [3.05, 3.63) is 53.6 Å². The zero-order chi connectivity index (χ0) is 14.8. The second kappa shape index (κ2) is 5.95. The molecule has 2 aromatic carbocycles. The van der Waals surface area contributed by atoms with Crippen molar-refractivity contribution in [3.8, 4) is 21.1 Å². The van der Waals surface area contributed by atoms with Crippen molar-refractivity contribution in [1.82, 2.24) is 10.2 Å². The zero-order valence-corrected chi connectivity index (χ0v) is 12.3. The highest BCUT2D eigenvalue weighted by molar-refractivity contribution is 7.18. The van der Waals surface area contributed by atoms with Crippen molar-refractivity contribution in [2.75, 3.05) is 0 Å². The molecule has 21 heavy (non-hydrogen) atoms. The molecule has 0 aliphatic carbocycles. The molecule has 0 saturated heterocycles.